The molecule has 1 aliphatic heterocycles. The van der Waals surface area contributed by atoms with Crippen LogP contribution >= 0.6 is 0 Å². The Morgan fingerprint density at radius 2 is 1.63 bits per heavy atom. The molecule has 0 unspecified atom stereocenters. The maximum Gasteiger partial charge on any atom is 0.199 e. The highest BCUT2D eigenvalue weighted by molar-refractivity contribution is 5.92. The lowest BCUT2D eigenvalue weighted by molar-refractivity contribution is 0.168. The van der Waals surface area contributed by atoms with E-state index in [1.807, 2.05) is 72.3 Å². The summed E-state index contributed by atoms with van der Waals surface area (Å²) in [6.45, 7) is 7.74. The first-order chi connectivity index (χ1) is 17.0. The Kier molecular flexibility index (Phi) is 6.76. The van der Waals surface area contributed by atoms with Crippen LogP contribution in [0.5, 0.6) is 17.4 Å². The van der Waals surface area contributed by atoms with Gasteiger partial charge in [0.15, 0.2) is 5.88 Å². The first kappa shape index (κ1) is 23.0. The summed E-state index contributed by atoms with van der Waals surface area (Å²) in [7, 11) is 2.16. The number of ether oxygens (including phenoxy) is 1. The van der Waals surface area contributed by atoms with Crippen LogP contribution in [0.2, 0.25) is 0 Å². The second-order valence-corrected chi connectivity index (χ2v) is 9.28. The molecule has 0 radical (unpaired) electrons. The van der Waals surface area contributed by atoms with E-state index in [0.29, 0.717) is 12.4 Å². The molecule has 0 aliphatic carbocycles. The predicted molar refractivity (Wildman–Crippen MR) is 141 cm³/mol. The van der Waals surface area contributed by atoms with Gasteiger partial charge in [-0.1, -0.05) is 42.2 Å². The SMILES string of the molecule is Cc1cc(C#CCN2CCN(C)CC2)cc2cn(Cc3ccc(Oc4ccccc4)cc3)c(O)c12. The number of hydrogen-bond acceptors (Lipinski definition) is 4. The van der Waals surface area contributed by atoms with Crippen molar-refractivity contribution in [2.24, 2.45) is 0 Å². The lowest BCUT2D eigenvalue weighted by atomic mass is 10.1. The van der Waals surface area contributed by atoms with Crippen LogP contribution in [0.4, 0.5) is 0 Å². The Bertz CT molecular complexity index is 1360. The van der Waals surface area contributed by atoms with E-state index in [4.69, 9.17) is 4.74 Å². The van der Waals surface area contributed by atoms with Gasteiger partial charge in [0, 0.05) is 48.7 Å². The summed E-state index contributed by atoms with van der Waals surface area (Å²) in [6.07, 6.45) is 2.01. The van der Waals surface area contributed by atoms with Gasteiger partial charge >= 0.3 is 0 Å². The standard InChI is InChI=1S/C30H31N3O2/c1-23-19-25(7-6-14-32-17-15-31(2)16-18-32)20-26-22-33(30(34)29(23)26)21-24-10-12-28(13-11-24)35-27-8-4-3-5-9-27/h3-5,8-13,19-20,22,34H,14-18,21H2,1-2H3. The van der Waals surface area contributed by atoms with E-state index in [-0.39, 0.29) is 0 Å². The molecule has 0 bridgehead atoms. The van der Waals surface area contributed by atoms with E-state index in [1.54, 1.807) is 0 Å². The molecule has 1 fully saturated rings. The molecular formula is C30H31N3O2. The van der Waals surface area contributed by atoms with E-state index in [9.17, 15) is 5.11 Å². The quantitative estimate of drug-likeness (QED) is 0.417. The molecule has 0 saturated carbocycles. The van der Waals surface area contributed by atoms with Crippen molar-refractivity contribution in [1.29, 1.82) is 0 Å². The summed E-state index contributed by atoms with van der Waals surface area (Å²) in [5.74, 6) is 8.56. The number of aromatic hydroxyl groups is 1. The molecule has 1 N–H and O–H groups in total. The molecular weight excluding hydrogens is 434 g/mol. The minimum atomic E-state index is 0.291. The van der Waals surface area contributed by atoms with Crippen LogP contribution in [0.3, 0.4) is 0 Å². The largest absolute Gasteiger partial charge is 0.494 e. The highest BCUT2D eigenvalue weighted by Gasteiger charge is 2.13. The molecule has 2 heterocycles. The Balaban J connectivity index is 1.29. The summed E-state index contributed by atoms with van der Waals surface area (Å²) in [5, 5.41) is 12.8. The summed E-state index contributed by atoms with van der Waals surface area (Å²) >= 11 is 0. The van der Waals surface area contributed by atoms with Gasteiger partial charge in [-0.25, -0.2) is 0 Å². The van der Waals surface area contributed by atoms with Crippen molar-refractivity contribution in [3.8, 4) is 29.2 Å². The maximum atomic E-state index is 10.9. The van der Waals surface area contributed by atoms with E-state index < -0.39 is 0 Å². The van der Waals surface area contributed by atoms with Crippen molar-refractivity contribution in [3.63, 3.8) is 0 Å². The number of likely N-dealkylation sites (N-methyl/N-ethyl adjacent to an activating group) is 1. The van der Waals surface area contributed by atoms with Crippen molar-refractivity contribution >= 4 is 10.8 Å². The Hall–Kier alpha value is -3.72. The van der Waals surface area contributed by atoms with Crippen molar-refractivity contribution in [3.05, 3.63) is 89.6 Å². The average Bonchev–Trinajstić information content (AvgIpc) is 3.17. The second-order valence-electron chi connectivity index (χ2n) is 9.28. The monoisotopic (exact) mass is 465 g/mol. The molecule has 3 aromatic carbocycles. The smallest absolute Gasteiger partial charge is 0.199 e. The molecule has 35 heavy (non-hydrogen) atoms. The van der Waals surface area contributed by atoms with Gasteiger partial charge in [-0.3, -0.25) is 4.90 Å². The van der Waals surface area contributed by atoms with Gasteiger partial charge in [-0.05, 0) is 61.5 Å². The van der Waals surface area contributed by atoms with Crippen LogP contribution in [0.1, 0.15) is 16.7 Å². The number of benzene rings is 3. The van der Waals surface area contributed by atoms with Crippen molar-refractivity contribution in [2.75, 3.05) is 39.8 Å². The molecule has 5 heteroatoms. The van der Waals surface area contributed by atoms with E-state index >= 15 is 0 Å². The fourth-order valence-corrected chi connectivity index (χ4v) is 4.53. The molecule has 5 nitrogen and oxygen atoms in total. The predicted octanol–water partition coefficient (Wildman–Crippen LogP) is 5.09. The summed E-state index contributed by atoms with van der Waals surface area (Å²) in [4.78, 5) is 4.75. The molecule has 4 aromatic rings. The third-order valence-electron chi connectivity index (χ3n) is 6.54. The number of aryl methyl sites for hydroxylation is 1. The van der Waals surface area contributed by atoms with Crippen molar-refractivity contribution < 1.29 is 9.84 Å². The number of fused-ring (bicyclic) bond motifs is 1. The van der Waals surface area contributed by atoms with Gasteiger partial charge in [-0.2, -0.15) is 0 Å². The number of nitrogens with zero attached hydrogens (tertiary/aromatic N) is 3. The van der Waals surface area contributed by atoms with E-state index in [1.165, 1.54) is 0 Å². The van der Waals surface area contributed by atoms with Gasteiger partial charge < -0.3 is 19.3 Å². The fourth-order valence-electron chi connectivity index (χ4n) is 4.53. The molecule has 1 aliphatic rings. The third-order valence-corrected chi connectivity index (χ3v) is 6.54. The number of aromatic nitrogens is 1. The van der Waals surface area contributed by atoms with E-state index in [2.05, 4.69) is 40.8 Å². The molecule has 1 aromatic heterocycles. The van der Waals surface area contributed by atoms with Crippen LogP contribution in [-0.4, -0.2) is 59.2 Å². The molecule has 0 spiro atoms. The number of piperazine rings is 1. The van der Waals surface area contributed by atoms with E-state index in [0.717, 1.165) is 71.7 Å². The van der Waals surface area contributed by atoms with Gasteiger partial charge in [0.05, 0.1) is 13.1 Å². The molecule has 178 valence electrons. The van der Waals surface area contributed by atoms with Crippen LogP contribution in [0.15, 0.2) is 72.9 Å². The lowest BCUT2D eigenvalue weighted by Crippen LogP contribution is -2.44. The Morgan fingerprint density at radius 1 is 0.914 bits per heavy atom. The first-order valence-corrected chi connectivity index (χ1v) is 12.1. The van der Waals surface area contributed by atoms with Gasteiger partial charge in [0.25, 0.3) is 0 Å². The number of para-hydroxylation sites is 1. The Morgan fingerprint density at radius 3 is 2.37 bits per heavy atom. The van der Waals surface area contributed by atoms with Gasteiger partial charge in [0.2, 0.25) is 0 Å². The maximum absolute atomic E-state index is 10.9. The van der Waals surface area contributed by atoms with Crippen LogP contribution < -0.4 is 4.74 Å². The lowest BCUT2D eigenvalue weighted by Gasteiger charge is -2.30. The fraction of sp³-hybridized carbons (Fsp3) is 0.267. The zero-order chi connectivity index (χ0) is 24.2. The molecule has 5 rings (SSSR count). The first-order valence-electron chi connectivity index (χ1n) is 12.1. The summed E-state index contributed by atoms with van der Waals surface area (Å²) in [6, 6.07) is 21.9. The Labute approximate surface area is 207 Å². The number of hydrogen-bond donors (Lipinski definition) is 1. The average molecular weight is 466 g/mol. The highest BCUT2D eigenvalue weighted by Crippen LogP contribution is 2.32. The number of rotatable bonds is 5. The highest BCUT2D eigenvalue weighted by atomic mass is 16.5. The van der Waals surface area contributed by atoms with Crippen molar-refractivity contribution in [1.82, 2.24) is 14.4 Å². The normalized spacial score (nSPS) is 14.6. The molecule has 0 amide bonds. The minimum absolute atomic E-state index is 0.291. The topological polar surface area (TPSA) is 40.9 Å². The van der Waals surface area contributed by atoms with Crippen LogP contribution in [0, 0.1) is 18.8 Å². The van der Waals surface area contributed by atoms with Gasteiger partial charge in [0.1, 0.15) is 11.5 Å². The summed E-state index contributed by atoms with van der Waals surface area (Å²) in [5.41, 5.74) is 3.11. The third kappa shape index (κ3) is 5.51. The van der Waals surface area contributed by atoms with Crippen molar-refractivity contribution in [2.45, 2.75) is 13.5 Å². The zero-order valence-corrected chi connectivity index (χ0v) is 20.4. The molecule has 0 atom stereocenters. The van der Waals surface area contributed by atoms with Crippen LogP contribution in [-0.2, 0) is 6.54 Å². The van der Waals surface area contributed by atoms with Gasteiger partial charge in [-0.15, -0.1) is 0 Å². The molecule has 1 saturated heterocycles. The summed E-state index contributed by atoms with van der Waals surface area (Å²) < 4.78 is 7.78. The zero-order valence-electron chi connectivity index (χ0n) is 20.4. The second kappa shape index (κ2) is 10.3. The minimum Gasteiger partial charge on any atom is -0.494 e. The van der Waals surface area contributed by atoms with Crippen LogP contribution in [0.25, 0.3) is 10.8 Å².